The number of piperazine rings is 1. The molecule has 1 aliphatic heterocycles. The van der Waals surface area contributed by atoms with E-state index in [0.29, 0.717) is 19.6 Å². The molecule has 1 aromatic rings. The third-order valence-electron chi connectivity index (χ3n) is 3.27. The highest BCUT2D eigenvalue weighted by Gasteiger charge is 2.27. The summed E-state index contributed by atoms with van der Waals surface area (Å²) >= 11 is 1.20. The van der Waals surface area contributed by atoms with Gasteiger partial charge in [0.05, 0.1) is 17.5 Å². The zero-order valence-corrected chi connectivity index (χ0v) is 12.4. The average molecular weight is 311 g/mol. The Kier molecular flexibility index (Phi) is 5.58. The fourth-order valence-electron chi connectivity index (χ4n) is 2.34. The second-order valence-corrected chi connectivity index (χ2v) is 5.81. The van der Waals surface area contributed by atoms with E-state index >= 15 is 0 Å². The van der Waals surface area contributed by atoms with Gasteiger partial charge in [-0.3, -0.25) is 9.59 Å². The number of nitrogens with one attached hydrogen (secondary N) is 1. The van der Waals surface area contributed by atoms with Gasteiger partial charge in [-0.1, -0.05) is 12.1 Å². The Labute approximate surface area is 127 Å². The maximum atomic E-state index is 13.4. The van der Waals surface area contributed by atoms with Gasteiger partial charge >= 0.3 is 0 Å². The monoisotopic (exact) mass is 311 g/mol. The van der Waals surface area contributed by atoms with Crippen LogP contribution in [0.5, 0.6) is 0 Å². The Hall–Kier alpha value is -1.60. The second kappa shape index (κ2) is 7.42. The van der Waals surface area contributed by atoms with Crippen molar-refractivity contribution < 1.29 is 14.0 Å². The van der Waals surface area contributed by atoms with Crippen molar-refractivity contribution in [1.82, 2.24) is 10.2 Å². The Morgan fingerprint density at radius 2 is 2.24 bits per heavy atom. The van der Waals surface area contributed by atoms with Crippen molar-refractivity contribution in [1.29, 1.82) is 0 Å². The molecule has 1 atom stereocenters. The molecule has 21 heavy (non-hydrogen) atoms. The smallest absolute Gasteiger partial charge is 0.233 e. The van der Waals surface area contributed by atoms with E-state index in [4.69, 9.17) is 5.73 Å². The summed E-state index contributed by atoms with van der Waals surface area (Å²) in [6, 6.07) is 6.11. The molecule has 1 aliphatic rings. The first-order chi connectivity index (χ1) is 10.1. The van der Waals surface area contributed by atoms with Gasteiger partial charge in [0, 0.05) is 19.6 Å². The molecule has 0 bridgehead atoms. The van der Waals surface area contributed by atoms with E-state index in [1.807, 2.05) is 6.07 Å². The Balaban J connectivity index is 2.04. The predicted molar refractivity (Wildman–Crippen MR) is 80.2 cm³/mol. The molecule has 1 saturated heterocycles. The van der Waals surface area contributed by atoms with E-state index in [0.717, 1.165) is 5.56 Å². The molecule has 5 nitrogen and oxygen atoms in total. The molecule has 0 spiro atoms. The van der Waals surface area contributed by atoms with Gasteiger partial charge in [-0.15, -0.1) is 11.8 Å². The number of carbonyl (C=O) groups is 2. The lowest BCUT2D eigenvalue weighted by Gasteiger charge is -2.36. The van der Waals surface area contributed by atoms with Crippen LogP contribution in [-0.4, -0.2) is 47.9 Å². The molecule has 1 aromatic carbocycles. The number of hydrogen-bond donors (Lipinski definition) is 2. The second-order valence-electron chi connectivity index (χ2n) is 4.82. The highest BCUT2D eigenvalue weighted by Crippen LogP contribution is 2.23. The summed E-state index contributed by atoms with van der Waals surface area (Å²) in [4.78, 5) is 24.7. The van der Waals surface area contributed by atoms with Crippen molar-refractivity contribution in [3.63, 3.8) is 0 Å². The third kappa shape index (κ3) is 4.44. The van der Waals surface area contributed by atoms with Crippen molar-refractivity contribution in [3.8, 4) is 0 Å². The van der Waals surface area contributed by atoms with Crippen LogP contribution >= 0.6 is 11.8 Å². The van der Waals surface area contributed by atoms with Gasteiger partial charge in [0.25, 0.3) is 0 Å². The van der Waals surface area contributed by atoms with Crippen LogP contribution in [0.25, 0.3) is 0 Å². The Morgan fingerprint density at radius 1 is 1.43 bits per heavy atom. The maximum Gasteiger partial charge on any atom is 0.233 e. The Morgan fingerprint density at radius 3 is 2.95 bits per heavy atom. The molecular weight excluding hydrogens is 293 g/mol. The number of nitrogens with two attached hydrogens (primary N) is 1. The number of carbonyl (C=O) groups excluding carboxylic acids is 2. The van der Waals surface area contributed by atoms with Crippen LogP contribution in [0.3, 0.4) is 0 Å². The molecule has 0 aliphatic carbocycles. The molecule has 0 radical (unpaired) electrons. The molecule has 0 saturated carbocycles. The van der Waals surface area contributed by atoms with E-state index in [-0.39, 0.29) is 29.3 Å². The number of halogens is 1. The first kappa shape index (κ1) is 15.8. The summed E-state index contributed by atoms with van der Waals surface area (Å²) in [5, 5.41) is 3.21. The summed E-state index contributed by atoms with van der Waals surface area (Å²) in [7, 11) is 0. The van der Waals surface area contributed by atoms with Crippen LogP contribution in [0.2, 0.25) is 0 Å². The van der Waals surface area contributed by atoms with Gasteiger partial charge in [0.15, 0.2) is 0 Å². The van der Waals surface area contributed by atoms with Crippen LogP contribution < -0.4 is 11.1 Å². The minimum absolute atomic E-state index is 0.0583. The minimum Gasteiger partial charge on any atom is -0.369 e. The molecule has 7 heteroatoms. The standard InChI is InChI=1S/C14H18FN3O2S/c15-11-3-1-2-10(6-11)12-7-17-4-5-18(12)14(20)9-21-8-13(16)19/h1-3,6,12,17H,4-5,7-9H2,(H2,16,19). The lowest BCUT2D eigenvalue weighted by Crippen LogP contribution is -2.49. The molecule has 2 rings (SSSR count). The van der Waals surface area contributed by atoms with Crippen molar-refractivity contribution in [2.75, 3.05) is 31.1 Å². The zero-order chi connectivity index (χ0) is 15.2. The van der Waals surface area contributed by atoms with Gasteiger partial charge in [0.1, 0.15) is 5.82 Å². The molecule has 1 unspecified atom stereocenters. The molecule has 0 aromatic heterocycles. The fraction of sp³-hybridized carbons (Fsp3) is 0.429. The van der Waals surface area contributed by atoms with E-state index in [2.05, 4.69) is 5.32 Å². The number of rotatable bonds is 5. The quantitative estimate of drug-likeness (QED) is 0.831. The minimum atomic E-state index is -0.435. The molecule has 2 amide bonds. The van der Waals surface area contributed by atoms with Gasteiger partial charge in [-0.05, 0) is 17.7 Å². The number of amides is 2. The van der Waals surface area contributed by atoms with Gasteiger partial charge in [0.2, 0.25) is 11.8 Å². The lowest BCUT2D eigenvalue weighted by atomic mass is 10.0. The van der Waals surface area contributed by atoms with Crippen molar-refractivity contribution in [3.05, 3.63) is 35.6 Å². The van der Waals surface area contributed by atoms with Crippen LogP contribution in [0.15, 0.2) is 24.3 Å². The van der Waals surface area contributed by atoms with Gasteiger partial charge < -0.3 is 16.0 Å². The number of thioether (sulfide) groups is 1. The fourth-order valence-corrected chi connectivity index (χ4v) is 2.98. The first-order valence-electron chi connectivity index (χ1n) is 6.69. The molecule has 3 N–H and O–H groups in total. The first-order valence-corrected chi connectivity index (χ1v) is 7.85. The molecular formula is C14H18FN3O2S. The van der Waals surface area contributed by atoms with Crippen molar-refractivity contribution in [2.45, 2.75) is 6.04 Å². The summed E-state index contributed by atoms with van der Waals surface area (Å²) in [5.41, 5.74) is 5.83. The largest absolute Gasteiger partial charge is 0.369 e. The molecule has 1 heterocycles. The third-order valence-corrected chi connectivity index (χ3v) is 4.21. The van der Waals surface area contributed by atoms with Crippen molar-refractivity contribution in [2.24, 2.45) is 5.73 Å². The average Bonchev–Trinajstić information content (AvgIpc) is 2.47. The van der Waals surface area contributed by atoms with Crippen LogP contribution in [-0.2, 0) is 9.59 Å². The zero-order valence-electron chi connectivity index (χ0n) is 11.5. The van der Waals surface area contributed by atoms with E-state index < -0.39 is 5.91 Å². The van der Waals surface area contributed by atoms with E-state index in [1.165, 1.54) is 23.9 Å². The number of nitrogens with zero attached hydrogens (tertiary/aromatic N) is 1. The Bertz CT molecular complexity index is 527. The summed E-state index contributed by atoms with van der Waals surface area (Å²) < 4.78 is 13.4. The maximum absolute atomic E-state index is 13.4. The highest BCUT2D eigenvalue weighted by molar-refractivity contribution is 8.00. The van der Waals surface area contributed by atoms with E-state index in [9.17, 15) is 14.0 Å². The van der Waals surface area contributed by atoms with Gasteiger partial charge in [-0.25, -0.2) is 4.39 Å². The summed E-state index contributed by atoms with van der Waals surface area (Å²) in [6.45, 7) is 1.87. The molecule has 114 valence electrons. The van der Waals surface area contributed by atoms with Crippen LogP contribution in [0.4, 0.5) is 4.39 Å². The molecule has 1 fully saturated rings. The van der Waals surface area contributed by atoms with Crippen LogP contribution in [0, 0.1) is 5.82 Å². The highest BCUT2D eigenvalue weighted by atomic mass is 32.2. The topological polar surface area (TPSA) is 75.4 Å². The van der Waals surface area contributed by atoms with Gasteiger partial charge in [-0.2, -0.15) is 0 Å². The summed E-state index contributed by atoms with van der Waals surface area (Å²) in [5.74, 6) is -0.475. The SMILES string of the molecule is NC(=O)CSCC(=O)N1CCNCC1c1cccc(F)c1. The number of hydrogen-bond acceptors (Lipinski definition) is 4. The van der Waals surface area contributed by atoms with Crippen LogP contribution in [0.1, 0.15) is 11.6 Å². The number of benzene rings is 1. The normalized spacial score (nSPS) is 18.5. The van der Waals surface area contributed by atoms with E-state index in [1.54, 1.807) is 11.0 Å². The lowest BCUT2D eigenvalue weighted by molar-refractivity contribution is -0.131. The summed E-state index contributed by atoms with van der Waals surface area (Å²) in [6.07, 6.45) is 0. The van der Waals surface area contributed by atoms with Crippen molar-refractivity contribution >= 4 is 23.6 Å². The number of primary amides is 1. The predicted octanol–water partition coefficient (Wildman–Crippen LogP) is 0.517.